The van der Waals surface area contributed by atoms with E-state index in [1.54, 1.807) is 29.1 Å². The second-order valence-corrected chi connectivity index (χ2v) is 6.84. The number of furan rings is 1. The number of fused-ring (bicyclic) bond motifs is 1. The fourth-order valence-electron chi connectivity index (χ4n) is 3.33. The molecule has 0 aliphatic carbocycles. The fraction of sp³-hybridized carbons (Fsp3) is 0.444. The second-order valence-electron chi connectivity index (χ2n) is 6.84. The minimum absolute atomic E-state index is 0.00586. The zero-order valence-electron chi connectivity index (χ0n) is 15.0. The second kappa shape index (κ2) is 6.40. The molecule has 7 heteroatoms. The van der Waals surface area contributed by atoms with Crippen molar-refractivity contribution in [1.82, 2.24) is 15.3 Å². The molecule has 1 aromatic heterocycles. The molecule has 0 radical (unpaired) electrons. The summed E-state index contributed by atoms with van der Waals surface area (Å²) in [6.45, 7) is 8.57. The van der Waals surface area contributed by atoms with Gasteiger partial charge in [0.15, 0.2) is 0 Å². The van der Waals surface area contributed by atoms with Crippen LogP contribution in [0.25, 0.3) is 0 Å². The maximum Gasteiger partial charge on any atom is 0.232 e. The van der Waals surface area contributed by atoms with Crippen molar-refractivity contribution in [1.29, 1.82) is 0 Å². The van der Waals surface area contributed by atoms with Crippen LogP contribution >= 0.6 is 0 Å². The highest BCUT2D eigenvalue weighted by Gasteiger charge is 2.42. The number of carbonyl (C=O) groups excluding carboxylic acids is 1. The molecule has 2 unspecified atom stereocenters. The lowest BCUT2D eigenvalue weighted by Crippen LogP contribution is -2.55. The molecule has 0 bridgehead atoms. The van der Waals surface area contributed by atoms with Gasteiger partial charge in [0.25, 0.3) is 0 Å². The molecule has 2 atom stereocenters. The molecule has 0 saturated heterocycles. The van der Waals surface area contributed by atoms with E-state index in [1.165, 1.54) is 0 Å². The predicted molar refractivity (Wildman–Crippen MR) is 96.3 cm³/mol. The zero-order valence-corrected chi connectivity index (χ0v) is 15.0. The van der Waals surface area contributed by atoms with Crippen molar-refractivity contribution in [3.8, 4) is 0 Å². The van der Waals surface area contributed by atoms with Gasteiger partial charge in [-0.2, -0.15) is 0 Å². The Hall–Kier alpha value is -2.54. The number of hydrogen-bond donors (Lipinski definition) is 2. The largest absolute Gasteiger partial charge is 0.464 e. The molecule has 0 spiro atoms. The fourth-order valence-corrected chi connectivity index (χ4v) is 3.33. The minimum atomic E-state index is -0.736. The Morgan fingerprint density at radius 1 is 1.64 bits per heavy atom. The van der Waals surface area contributed by atoms with Gasteiger partial charge in [0, 0.05) is 26.6 Å². The van der Waals surface area contributed by atoms with Crippen LogP contribution in [0.2, 0.25) is 0 Å². The maximum absolute atomic E-state index is 12.9. The van der Waals surface area contributed by atoms with Crippen molar-refractivity contribution in [2.75, 3.05) is 20.1 Å². The van der Waals surface area contributed by atoms with Crippen molar-refractivity contribution in [2.45, 2.75) is 26.3 Å². The summed E-state index contributed by atoms with van der Waals surface area (Å²) in [7, 11) is 1.76. The Bertz CT molecular complexity index is 750. The van der Waals surface area contributed by atoms with Crippen LogP contribution in [0.1, 0.15) is 30.9 Å². The number of nitrogens with zero attached hydrogens (tertiary/aromatic N) is 3. The first-order chi connectivity index (χ1) is 11.8. The van der Waals surface area contributed by atoms with Crippen molar-refractivity contribution in [3.63, 3.8) is 0 Å². The van der Waals surface area contributed by atoms with E-state index in [-0.39, 0.29) is 11.9 Å². The molecule has 1 amide bonds. The summed E-state index contributed by atoms with van der Waals surface area (Å²) in [4.78, 5) is 19.3. The monoisotopic (exact) mass is 343 g/mol. The topological polar surface area (TPSA) is 87.1 Å². The first kappa shape index (κ1) is 17.3. The van der Waals surface area contributed by atoms with E-state index < -0.39 is 5.41 Å². The molecule has 134 valence electrons. The molecule has 0 aromatic carbocycles. The van der Waals surface area contributed by atoms with E-state index >= 15 is 0 Å². The van der Waals surface area contributed by atoms with Crippen LogP contribution in [0.5, 0.6) is 0 Å². The molecular formula is C18H25N5O2. The molecule has 1 aromatic rings. The first-order valence-electron chi connectivity index (χ1n) is 8.35. The van der Waals surface area contributed by atoms with E-state index in [9.17, 15) is 4.79 Å². The van der Waals surface area contributed by atoms with E-state index in [0.717, 1.165) is 17.4 Å². The van der Waals surface area contributed by atoms with Crippen LogP contribution in [0, 0.1) is 12.3 Å². The summed E-state index contributed by atoms with van der Waals surface area (Å²) >= 11 is 0. The van der Waals surface area contributed by atoms with Crippen molar-refractivity contribution in [3.05, 3.63) is 48.2 Å². The number of rotatable bonds is 4. The van der Waals surface area contributed by atoms with E-state index in [4.69, 9.17) is 15.1 Å². The number of likely N-dealkylation sites (N-methyl/N-ethyl adjacent to an activating group) is 1. The number of hydrazine groups is 1. The normalized spacial score (nSPS) is 25.7. The number of nitrogens with one attached hydrogen (secondary N) is 1. The van der Waals surface area contributed by atoms with Crippen LogP contribution < -0.4 is 11.2 Å². The summed E-state index contributed by atoms with van der Waals surface area (Å²) in [5.74, 6) is 2.89. The molecular weight excluding hydrogens is 318 g/mol. The lowest BCUT2D eigenvalue weighted by atomic mass is 9.82. The van der Waals surface area contributed by atoms with Crippen molar-refractivity contribution in [2.24, 2.45) is 16.1 Å². The highest BCUT2D eigenvalue weighted by molar-refractivity contribution is 5.95. The van der Waals surface area contributed by atoms with Gasteiger partial charge in [-0.05, 0) is 32.1 Å². The number of carbonyl (C=O) groups is 1. The van der Waals surface area contributed by atoms with Crippen LogP contribution in [0.3, 0.4) is 0 Å². The third-order valence-corrected chi connectivity index (χ3v) is 4.58. The summed E-state index contributed by atoms with van der Waals surface area (Å²) < 4.78 is 5.70. The number of amidine groups is 1. The summed E-state index contributed by atoms with van der Waals surface area (Å²) in [5.41, 5.74) is 8.73. The van der Waals surface area contributed by atoms with Gasteiger partial charge in [-0.1, -0.05) is 6.08 Å². The Morgan fingerprint density at radius 2 is 2.40 bits per heavy atom. The lowest BCUT2D eigenvalue weighted by Gasteiger charge is -2.41. The molecule has 25 heavy (non-hydrogen) atoms. The smallest absolute Gasteiger partial charge is 0.232 e. The SMILES string of the molecule is C=CCN(C)C(=O)C1(C)C=C(N)N2NCC(c3ccc(C)o3)N=C2C1. The third-order valence-electron chi connectivity index (χ3n) is 4.58. The van der Waals surface area contributed by atoms with E-state index in [2.05, 4.69) is 12.0 Å². The third kappa shape index (κ3) is 3.19. The van der Waals surface area contributed by atoms with Crippen molar-refractivity contribution >= 4 is 11.7 Å². The first-order valence-corrected chi connectivity index (χ1v) is 8.35. The molecule has 0 fully saturated rings. The van der Waals surface area contributed by atoms with Crippen LogP contribution in [-0.4, -0.2) is 41.8 Å². The van der Waals surface area contributed by atoms with Gasteiger partial charge in [-0.15, -0.1) is 6.58 Å². The van der Waals surface area contributed by atoms with Gasteiger partial charge in [0.05, 0.1) is 5.41 Å². The number of aliphatic imine (C=N–C) groups is 1. The van der Waals surface area contributed by atoms with Crippen LogP contribution in [-0.2, 0) is 4.79 Å². The molecule has 0 saturated carbocycles. The summed E-state index contributed by atoms with van der Waals surface area (Å²) in [5, 5.41) is 1.76. The Balaban J connectivity index is 1.89. The van der Waals surface area contributed by atoms with Gasteiger partial charge >= 0.3 is 0 Å². The zero-order chi connectivity index (χ0) is 18.2. The molecule has 3 N–H and O–H groups in total. The average Bonchev–Trinajstić information content (AvgIpc) is 3.00. The lowest BCUT2D eigenvalue weighted by molar-refractivity contribution is -0.136. The van der Waals surface area contributed by atoms with Crippen LogP contribution in [0.4, 0.5) is 0 Å². The Morgan fingerprint density at radius 3 is 3.04 bits per heavy atom. The van der Waals surface area contributed by atoms with E-state index in [1.807, 2.05) is 26.0 Å². The van der Waals surface area contributed by atoms with Gasteiger partial charge < -0.3 is 15.1 Å². The number of aryl methyl sites for hydroxylation is 1. The molecule has 3 rings (SSSR count). The van der Waals surface area contributed by atoms with Gasteiger partial charge in [-0.25, -0.2) is 10.4 Å². The quantitative estimate of drug-likeness (QED) is 0.813. The Labute approximate surface area is 147 Å². The molecule has 2 aliphatic rings. The van der Waals surface area contributed by atoms with Crippen molar-refractivity contribution < 1.29 is 9.21 Å². The number of amides is 1. The predicted octanol–water partition coefficient (Wildman–Crippen LogP) is 1.70. The summed E-state index contributed by atoms with van der Waals surface area (Å²) in [6, 6.07) is 3.73. The van der Waals surface area contributed by atoms with Gasteiger partial charge in [0.2, 0.25) is 5.91 Å². The van der Waals surface area contributed by atoms with E-state index in [0.29, 0.717) is 25.3 Å². The van der Waals surface area contributed by atoms with Gasteiger partial charge in [-0.3, -0.25) is 9.79 Å². The van der Waals surface area contributed by atoms with Gasteiger partial charge in [0.1, 0.15) is 29.2 Å². The maximum atomic E-state index is 12.9. The minimum Gasteiger partial charge on any atom is -0.464 e. The highest BCUT2D eigenvalue weighted by Crippen LogP contribution is 2.35. The highest BCUT2D eigenvalue weighted by atomic mass is 16.3. The Kier molecular flexibility index (Phi) is 4.43. The van der Waals surface area contributed by atoms with Crippen LogP contribution in [0.15, 0.2) is 46.1 Å². The number of nitrogens with two attached hydrogens (primary N) is 1. The molecule has 7 nitrogen and oxygen atoms in total. The molecule has 3 heterocycles. The summed E-state index contributed by atoms with van der Waals surface area (Å²) in [6.07, 6.45) is 3.98. The molecule has 2 aliphatic heterocycles. The average molecular weight is 343 g/mol. The standard InChI is InChI=1S/C18H25N5O2/c1-5-8-22(4)17(24)18(3)9-15(19)23-16(10-18)21-13(11-20-23)14-7-6-12(2)25-14/h5-7,9,13,20H,1,8,10-11,19H2,2-4H3. The number of hydrogen-bond acceptors (Lipinski definition) is 6.